The zero-order valence-corrected chi connectivity index (χ0v) is 13.5. The lowest BCUT2D eigenvalue weighted by Gasteiger charge is -2.30. The van der Waals surface area contributed by atoms with Crippen LogP contribution in [0, 0.1) is 6.92 Å². The SMILES string of the molecule is Cc1cc(NC(=O)N2CCC(c3nc4ccccc4[nH]3)CC2)no1. The van der Waals surface area contributed by atoms with Gasteiger partial charge < -0.3 is 14.4 Å². The van der Waals surface area contributed by atoms with Crippen molar-refractivity contribution in [2.75, 3.05) is 18.4 Å². The molecule has 3 heterocycles. The van der Waals surface area contributed by atoms with Crippen molar-refractivity contribution in [3.8, 4) is 0 Å². The van der Waals surface area contributed by atoms with Gasteiger partial charge in [0.25, 0.3) is 0 Å². The number of nitrogens with one attached hydrogen (secondary N) is 2. The van der Waals surface area contributed by atoms with Crippen molar-refractivity contribution in [2.24, 2.45) is 0 Å². The highest BCUT2D eigenvalue weighted by Crippen LogP contribution is 2.28. The maximum atomic E-state index is 12.3. The molecule has 0 bridgehead atoms. The maximum Gasteiger partial charge on any atom is 0.323 e. The van der Waals surface area contributed by atoms with E-state index in [1.165, 1.54) is 0 Å². The summed E-state index contributed by atoms with van der Waals surface area (Å²) in [6.45, 7) is 3.19. The monoisotopic (exact) mass is 325 g/mol. The van der Waals surface area contributed by atoms with E-state index in [-0.39, 0.29) is 6.03 Å². The molecule has 3 aromatic rings. The highest BCUT2D eigenvalue weighted by molar-refractivity contribution is 5.88. The largest absolute Gasteiger partial charge is 0.360 e. The normalized spacial score (nSPS) is 15.8. The van der Waals surface area contributed by atoms with Crippen LogP contribution in [-0.2, 0) is 0 Å². The summed E-state index contributed by atoms with van der Waals surface area (Å²) in [7, 11) is 0. The van der Waals surface area contributed by atoms with Gasteiger partial charge in [0, 0.05) is 25.1 Å². The van der Waals surface area contributed by atoms with Gasteiger partial charge in [-0.3, -0.25) is 5.32 Å². The number of imidazole rings is 1. The molecule has 0 aliphatic carbocycles. The molecule has 1 aliphatic rings. The highest BCUT2D eigenvalue weighted by Gasteiger charge is 2.26. The Morgan fingerprint density at radius 1 is 1.33 bits per heavy atom. The number of fused-ring (bicyclic) bond motifs is 1. The average Bonchev–Trinajstić information content (AvgIpc) is 3.21. The summed E-state index contributed by atoms with van der Waals surface area (Å²) in [4.78, 5) is 22.2. The number of H-pyrrole nitrogens is 1. The first kappa shape index (κ1) is 14.7. The zero-order chi connectivity index (χ0) is 16.5. The van der Waals surface area contributed by atoms with Crippen LogP contribution in [0.25, 0.3) is 11.0 Å². The van der Waals surface area contributed by atoms with E-state index in [0.29, 0.717) is 30.6 Å². The first-order chi connectivity index (χ1) is 11.7. The second kappa shape index (κ2) is 5.99. The van der Waals surface area contributed by atoms with Crippen molar-refractivity contribution < 1.29 is 9.32 Å². The second-order valence-electron chi connectivity index (χ2n) is 6.15. The van der Waals surface area contributed by atoms with Gasteiger partial charge in [-0.05, 0) is 31.9 Å². The van der Waals surface area contributed by atoms with E-state index < -0.39 is 0 Å². The summed E-state index contributed by atoms with van der Waals surface area (Å²) in [5.74, 6) is 2.50. The van der Waals surface area contributed by atoms with Gasteiger partial charge in [0.1, 0.15) is 11.6 Å². The smallest absolute Gasteiger partial charge is 0.323 e. The molecular weight excluding hydrogens is 306 g/mol. The van der Waals surface area contributed by atoms with Crippen molar-refractivity contribution in [3.63, 3.8) is 0 Å². The third-order valence-corrected chi connectivity index (χ3v) is 4.44. The molecule has 124 valence electrons. The van der Waals surface area contributed by atoms with Crippen molar-refractivity contribution in [1.82, 2.24) is 20.0 Å². The molecule has 1 aromatic carbocycles. The van der Waals surface area contributed by atoms with Crippen molar-refractivity contribution in [3.05, 3.63) is 41.9 Å². The molecule has 0 spiro atoms. The van der Waals surface area contributed by atoms with Crippen LogP contribution >= 0.6 is 0 Å². The Labute approximate surface area is 139 Å². The molecule has 24 heavy (non-hydrogen) atoms. The number of aromatic amines is 1. The van der Waals surface area contributed by atoms with Crippen molar-refractivity contribution >= 4 is 22.9 Å². The number of urea groups is 1. The minimum atomic E-state index is -0.133. The van der Waals surface area contributed by atoms with Gasteiger partial charge in [0.05, 0.1) is 11.0 Å². The molecule has 1 fully saturated rings. The number of hydrogen-bond acceptors (Lipinski definition) is 4. The van der Waals surface area contributed by atoms with Gasteiger partial charge in [-0.25, -0.2) is 9.78 Å². The topological polar surface area (TPSA) is 87.0 Å². The quantitative estimate of drug-likeness (QED) is 0.757. The number of aromatic nitrogens is 3. The van der Waals surface area contributed by atoms with Gasteiger partial charge in [0.2, 0.25) is 0 Å². The molecule has 1 saturated heterocycles. The summed E-state index contributed by atoms with van der Waals surface area (Å²) in [5, 5.41) is 6.56. The Bertz CT molecular complexity index is 828. The summed E-state index contributed by atoms with van der Waals surface area (Å²) < 4.78 is 4.96. The number of likely N-dealkylation sites (tertiary alicyclic amines) is 1. The van der Waals surface area contributed by atoms with E-state index in [4.69, 9.17) is 4.52 Å². The number of rotatable bonds is 2. The highest BCUT2D eigenvalue weighted by atomic mass is 16.5. The molecule has 2 amide bonds. The molecule has 2 N–H and O–H groups in total. The molecule has 0 unspecified atom stereocenters. The predicted octanol–water partition coefficient (Wildman–Crippen LogP) is 3.27. The van der Waals surface area contributed by atoms with Crippen molar-refractivity contribution in [2.45, 2.75) is 25.7 Å². The lowest BCUT2D eigenvalue weighted by Crippen LogP contribution is -2.40. The first-order valence-corrected chi connectivity index (χ1v) is 8.13. The molecule has 1 aliphatic heterocycles. The Balaban J connectivity index is 1.38. The minimum Gasteiger partial charge on any atom is -0.360 e. The van der Waals surface area contributed by atoms with Crippen LogP contribution < -0.4 is 5.32 Å². The summed E-state index contributed by atoms with van der Waals surface area (Å²) in [6.07, 6.45) is 1.79. The van der Waals surface area contributed by atoms with Crippen molar-refractivity contribution in [1.29, 1.82) is 0 Å². The summed E-state index contributed by atoms with van der Waals surface area (Å²) in [5.41, 5.74) is 2.06. The molecule has 0 atom stereocenters. The van der Waals surface area contributed by atoms with E-state index in [0.717, 1.165) is 29.7 Å². The minimum absolute atomic E-state index is 0.133. The molecule has 0 saturated carbocycles. The predicted molar refractivity (Wildman–Crippen MR) is 89.9 cm³/mol. The third-order valence-electron chi connectivity index (χ3n) is 4.44. The van der Waals surface area contributed by atoms with E-state index in [2.05, 4.69) is 20.4 Å². The molecule has 7 heteroatoms. The van der Waals surface area contributed by atoms with Crippen LogP contribution in [0.1, 0.15) is 30.3 Å². The van der Waals surface area contributed by atoms with E-state index in [1.54, 1.807) is 13.0 Å². The van der Waals surface area contributed by atoms with Gasteiger partial charge in [-0.15, -0.1) is 0 Å². The lowest BCUT2D eigenvalue weighted by molar-refractivity contribution is 0.193. The number of benzene rings is 1. The van der Waals surface area contributed by atoms with Crippen LogP contribution in [0.2, 0.25) is 0 Å². The number of amides is 2. The van der Waals surface area contributed by atoms with Crippen LogP contribution in [0.3, 0.4) is 0 Å². The number of carbonyl (C=O) groups excluding carboxylic acids is 1. The second-order valence-corrected chi connectivity index (χ2v) is 6.15. The Kier molecular flexibility index (Phi) is 3.68. The van der Waals surface area contributed by atoms with Gasteiger partial charge in [-0.1, -0.05) is 17.3 Å². The summed E-state index contributed by atoms with van der Waals surface area (Å²) >= 11 is 0. The van der Waals surface area contributed by atoms with Crippen LogP contribution in [0.5, 0.6) is 0 Å². The third kappa shape index (κ3) is 2.84. The maximum absolute atomic E-state index is 12.3. The lowest BCUT2D eigenvalue weighted by atomic mass is 9.96. The Morgan fingerprint density at radius 2 is 2.12 bits per heavy atom. The van der Waals surface area contributed by atoms with Gasteiger partial charge >= 0.3 is 6.03 Å². The van der Waals surface area contributed by atoms with E-state index in [1.807, 2.05) is 29.2 Å². The number of anilines is 1. The first-order valence-electron chi connectivity index (χ1n) is 8.13. The van der Waals surface area contributed by atoms with Gasteiger partial charge in [0.15, 0.2) is 5.82 Å². The van der Waals surface area contributed by atoms with E-state index >= 15 is 0 Å². The molecule has 2 aromatic heterocycles. The average molecular weight is 325 g/mol. The number of nitrogens with zero attached hydrogens (tertiary/aromatic N) is 3. The van der Waals surface area contributed by atoms with Crippen LogP contribution in [-0.4, -0.2) is 39.1 Å². The Morgan fingerprint density at radius 3 is 2.83 bits per heavy atom. The molecular formula is C17H19N5O2. The van der Waals surface area contributed by atoms with Crippen LogP contribution in [0.4, 0.5) is 10.6 Å². The molecule has 4 rings (SSSR count). The fourth-order valence-electron chi connectivity index (χ4n) is 3.14. The van der Waals surface area contributed by atoms with E-state index in [9.17, 15) is 4.79 Å². The molecule has 0 radical (unpaired) electrons. The van der Waals surface area contributed by atoms with Gasteiger partial charge in [-0.2, -0.15) is 0 Å². The number of aryl methyl sites for hydroxylation is 1. The number of hydrogen-bond donors (Lipinski definition) is 2. The number of para-hydroxylation sites is 2. The Hall–Kier alpha value is -2.83. The zero-order valence-electron chi connectivity index (χ0n) is 13.5. The number of carbonyl (C=O) groups is 1. The summed E-state index contributed by atoms with van der Waals surface area (Å²) in [6, 6.07) is 9.62. The van der Waals surface area contributed by atoms with Crippen LogP contribution in [0.15, 0.2) is 34.9 Å². The fourth-order valence-corrected chi connectivity index (χ4v) is 3.14. The standard InChI is InChI=1S/C17H19N5O2/c1-11-10-15(21-24-11)20-17(23)22-8-6-12(7-9-22)16-18-13-4-2-3-5-14(13)19-16/h2-5,10,12H,6-9H2,1H3,(H,18,19)(H,20,21,23). The fraction of sp³-hybridized carbons (Fsp3) is 0.353. The molecule has 7 nitrogen and oxygen atoms in total. The number of piperidine rings is 1.